The van der Waals surface area contributed by atoms with E-state index in [-0.39, 0.29) is 18.1 Å². The Labute approximate surface area is 414 Å². The first-order valence-electron chi connectivity index (χ1n) is 26.8. The number of allylic oxidation sites excluding steroid dienone is 2. The number of hydrogen-bond donors (Lipinski definition) is 0. The molecule has 0 heterocycles. The fourth-order valence-electron chi connectivity index (χ4n) is 13.7. The molecule has 0 aliphatic heterocycles. The molecular weight excluding hydrogens is 967 g/mol. The molecule has 0 spiro atoms. The van der Waals surface area contributed by atoms with Gasteiger partial charge in [0.1, 0.15) is 0 Å². The molecule has 66 heavy (non-hydrogen) atoms. The number of halogens is 2. The van der Waals surface area contributed by atoms with Crippen molar-refractivity contribution in [3.63, 3.8) is 0 Å². The summed E-state index contributed by atoms with van der Waals surface area (Å²) in [6.07, 6.45) is 29.0. The van der Waals surface area contributed by atoms with E-state index in [1.807, 2.05) is 0 Å². The number of benzene rings is 4. The Morgan fingerprint density at radius 1 is 0.500 bits per heavy atom. The van der Waals surface area contributed by atoms with E-state index in [9.17, 15) is 17.0 Å². The molecule has 0 bridgehead atoms. The van der Waals surface area contributed by atoms with Gasteiger partial charge >= 0.3 is 418 Å². The Balaban J connectivity index is 1.36. The second kappa shape index (κ2) is 19.9. The van der Waals surface area contributed by atoms with Gasteiger partial charge < -0.3 is 0 Å². The van der Waals surface area contributed by atoms with Crippen LogP contribution in [0.5, 0.6) is 0 Å². The molecule has 2 saturated carbocycles. The molecule has 6 heteroatoms. The molecule has 0 N–H and O–H groups in total. The average molecular weight is 1050 g/mol. The van der Waals surface area contributed by atoms with Gasteiger partial charge in [-0.05, 0) is 0 Å². The van der Waals surface area contributed by atoms with Crippen molar-refractivity contribution in [2.24, 2.45) is 10.8 Å². The van der Waals surface area contributed by atoms with Crippen LogP contribution in [-0.4, -0.2) is 22.1 Å². The molecule has 8 rings (SSSR count). The van der Waals surface area contributed by atoms with Crippen LogP contribution < -0.4 is 10.4 Å². The third-order valence-corrected chi connectivity index (χ3v) is 74.1. The number of rotatable bonds is 13. The van der Waals surface area contributed by atoms with Gasteiger partial charge in [0.15, 0.2) is 0 Å². The summed E-state index contributed by atoms with van der Waals surface area (Å²) >= 11 is -5.18. The van der Waals surface area contributed by atoms with Gasteiger partial charge in [-0.3, -0.25) is 0 Å². The Kier molecular flexibility index (Phi) is 15.4. The van der Waals surface area contributed by atoms with Crippen molar-refractivity contribution < 1.29 is 15.6 Å². The molecule has 2 unspecified atom stereocenters. The van der Waals surface area contributed by atoms with E-state index in [0.29, 0.717) is 0 Å². The Bertz CT molecular complexity index is 2230. The first-order valence-corrected chi connectivity index (χ1v) is 50.1. The van der Waals surface area contributed by atoms with Gasteiger partial charge in [0.2, 0.25) is 0 Å². The van der Waals surface area contributed by atoms with Crippen LogP contribution >= 0.6 is 17.0 Å². The molecule has 2 fully saturated rings. The van der Waals surface area contributed by atoms with Gasteiger partial charge in [0.05, 0.1) is 0 Å². The summed E-state index contributed by atoms with van der Waals surface area (Å²) < 4.78 is 0.195. The van der Waals surface area contributed by atoms with Gasteiger partial charge in [0, 0.05) is 0 Å². The summed E-state index contributed by atoms with van der Waals surface area (Å²) in [5.41, 5.74) is 14.9. The number of hydrogen-bond acceptors (Lipinski definition) is 0. The molecule has 0 radical (unpaired) electrons. The Hall–Kier alpha value is -1.53. The molecule has 4 aromatic rings. The molecule has 355 valence electrons. The van der Waals surface area contributed by atoms with Gasteiger partial charge in [0.25, 0.3) is 0 Å². The fraction of sp³-hybridized carbons (Fsp3) is 0.533. The van der Waals surface area contributed by atoms with Crippen molar-refractivity contribution in [1.82, 2.24) is 0 Å². The molecule has 2 atom stereocenters. The first kappa shape index (κ1) is 50.8. The third kappa shape index (κ3) is 9.89. The van der Waals surface area contributed by atoms with E-state index in [1.165, 1.54) is 158 Å². The van der Waals surface area contributed by atoms with Crippen LogP contribution in [0, 0.1) is 10.8 Å². The van der Waals surface area contributed by atoms with Crippen LogP contribution in [0.1, 0.15) is 159 Å². The zero-order valence-corrected chi connectivity index (χ0v) is 50.1. The van der Waals surface area contributed by atoms with Gasteiger partial charge in [-0.2, -0.15) is 0 Å². The minimum absolute atomic E-state index is 0.0976. The maximum atomic E-state index is 9.42. The van der Waals surface area contributed by atoms with E-state index in [2.05, 4.69) is 163 Å². The van der Waals surface area contributed by atoms with Crippen LogP contribution in [0.2, 0.25) is 52.4 Å². The summed E-state index contributed by atoms with van der Waals surface area (Å²) in [7, 11) is 15.9. The predicted octanol–water partition coefficient (Wildman–Crippen LogP) is 18.7. The van der Waals surface area contributed by atoms with E-state index >= 15 is 0 Å². The normalized spacial score (nSPS) is 21.9. The quantitative estimate of drug-likeness (QED) is 0.117. The monoisotopic (exact) mass is 1050 g/mol. The second-order valence-electron chi connectivity index (χ2n) is 24.6. The van der Waals surface area contributed by atoms with Gasteiger partial charge in [-0.1, -0.05) is 0 Å². The first-order chi connectivity index (χ1) is 31.3. The molecule has 0 saturated heterocycles. The van der Waals surface area contributed by atoms with Crippen LogP contribution in [0.25, 0.3) is 34.4 Å². The van der Waals surface area contributed by atoms with Crippen LogP contribution in [0.15, 0.2) is 96.1 Å². The molecule has 0 nitrogen and oxygen atoms in total. The van der Waals surface area contributed by atoms with E-state index in [4.69, 9.17) is 0 Å². The average Bonchev–Trinajstić information content (AvgIpc) is 3.84. The fourth-order valence-corrected chi connectivity index (χ4v) is 47.3. The molecular formula is C60H85Cl2Si3Zr. The summed E-state index contributed by atoms with van der Waals surface area (Å²) in [6.45, 7) is 24.9. The topological polar surface area (TPSA) is 0 Å². The predicted molar refractivity (Wildman–Crippen MR) is 301 cm³/mol. The summed E-state index contributed by atoms with van der Waals surface area (Å²) in [5, 5.41) is 3.03. The maximum absolute atomic E-state index is 9.42. The zero-order valence-electron chi connectivity index (χ0n) is 43.0. The van der Waals surface area contributed by atoms with Crippen molar-refractivity contribution in [2.45, 2.75) is 189 Å². The standard InChI is InChI=1S/2C29H39Si.C2H7Si.2ClH.Zr/c2*1-5-29(18-9-7-6-8-10-19-29)22-23-20-25-12-11-13-27(28(25)21-23)24-14-16-26(17-15-24)30(2,3)4;1-3-2;;;/h2*11-17,20-21H,5-10,18-19,22H2,1-4H3;3H,1-2H3;2*1H;/q;;;;;+2/p-2. The molecule has 4 aliphatic rings. The molecule has 0 amide bonds. The minimum atomic E-state index is -5.18. The summed E-state index contributed by atoms with van der Waals surface area (Å²) in [4.78, 5) is 0. The van der Waals surface area contributed by atoms with Crippen molar-refractivity contribution >= 4 is 61.6 Å². The van der Waals surface area contributed by atoms with E-state index in [1.54, 1.807) is 11.1 Å². The molecule has 4 aliphatic carbocycles. The van der Waals surface area contributed by atoms with Crippen LogP contribution in [-0.2, 0) is 15.6 Å². The van der Waals surface area contributed by atoms with E-state index < -0.39 is 37.6 Å². The van der Waals surface area contributed by atoms with Gasteiger partial charge in [-0.15, -0.1) is 0 Å². The molecule has 4 aromatic carbocycles. The third-order valence-electron chi connectivity index (χ3n) is 18.1. The zero-order chi connectivity index (χ0) is 47.1. The summed E-state index contributed by atoms with van der Waals surface area (Å²) in [5.74, 6) is -1.79. The van der Waals surface area contributed by atoms with Crippen molar-refractivity contribution in [3.05, 3.63) is 118 Å². The number of fused-ring (bicyclic) bond motifs is 2. The Morgan fingerprint density at radius 3 is 1.14 bits per heavy atom. The summed E-state index contributed by atoms with van der Waals surface area (Å²) in [6, 6.07) is 33.9. The van der Waals surface area contributed by atoms with E-state index in [0.717, 1.165) is 12.8 Å². The van der Waals surface area contributed by atoms with Crippen LogP contribution in [0.3, 0.4) is 0 Å². The molecule has 0 aromatic heterocycles. The van der Waals surface area contributed by atoms with Crippen molar-refractivity contribution in [2.75, 3.05) is 0 Å². The second-order valence-corrected chi connectivity index (χ2v) is 77.2. The Morgan fingerprint density at radius 2 is 0.833 bits per heavy atom. The SMILES string of the molecule is CCC1(CC2=Cc3c(-c4ccc([Si](C)(C)C)cc4)cccc3[CH]2[Zr]([Cl])([Cl])([CH]2C(CC3(CC)CCCCCCC3)=Cc3c(-c4ccc([Si](C)(C)C)cc4)cccc32)[SiH](C)C)CCCCCCC1. The van der Waals surface area contributed by atoms with Crippen molar-refractivity contribution in [3.8, 4) is 22.3 Å². The van der Waals surface area contributed by atoms with Gasteiger partial charge in [-0.25, -0.2) is 0 Å². The van der Waals surface area contributed by atoms with Crippen molar-refractivity contribution in [1.29, 1.82) is 0 Å². The van der Waals surface area contributed by atoms with Crippen LogP contribution in [0.4, 0.5) is 0 Å².